The van der Waals surface area contributed by atoms with E-state index in [0.717, 1.165) is 4.90 Å². The van der Waals surface area contributed by atoms with Gasteiger partial charge in [0.05, 0.1) is 11.3 Å². The molecule has 1 aromatic heterocycles. The van der Waals surface area contributed by atoms with E-state index in [9.17, 15) is 0 Å². The lowest BCUT2D eigenvalue weighted by atomic mass is 10.5. The Morgan fingerprint density at radius 1 is 1.67 bits per heavy atom. The van der Waals surface area contributed by atoms with Gasteiger partial charge in [-0.05, 0) is 19.1 Å². The summed E-state index contributed by atoms with van der Waals surface area (Å²) in [7, 11) is 0. The van der Waals surface area contributed by atoms with Gasteiger partial charge in [0.1, 0.15) is 5.82 Å². The molecule has 0 fully saturated rings. The van der Waals surface area contributed by atoms with Gasteiger partial charge >= 0.3 is 0 Å². The second kappa shape index (κ2) is 3.98. The molecule has 0 aromatic carbocycles. The fourth-order valence-corrected chi connectivity index (χ4v) is 1.41. The van der Waals surface area contributed by atoms with Crippen molar-refractivity contribution >= 4 is 17.6 Å². The van der Waals surface area contributed by atoms with Crippen molar-refractivity contribution in [2.75, 3.05) is 5.73 Å². The van der Waals surface area contributed by atoms with Crippen LogP contribution < -0.4 is 5.73 Å². The van der Waals surface area contributed by atoms with Gasteiger partial charge in [0.15, 0.2) is 0 Å². The van der Waals surface area contributed by atoms with Gasteiger partial charge in [-0.15, -0.1) is 11.8 Å². The Balaban J connectivity index is 2.66. The Morgan fingerprint density at radius 2 is 2.42 bits per heavy atom. The van der Waals surface area contributed by atoms with Crippen molar-refractivity contribution in [3.8, 4) is 6.07 Å². The topological polar surface area (TPSA) is 62.7 Å². The summed E-state index contributed by atoms with van der Waals surface area (Å²) in [5, 5.41) is 8.49. The number of thioether (sulfide) groups is 1. The van der Waals surface area contributed by atoms with Gasteiger partial charge in [-0.25, -0.2) is 4.98 Å². The Kier molecular flexibility index (Phi) is 2.94. The summed E-state index contributed by atoms with van der Waals surface area (Å²) in [6.07, 6.45) is 1.67. The van der Waals surface area contributed by atoms with Gasteiger partial charge in [0.25, 0.3) is 0 Å². The molecule has 1 aromatic rings. The number of hydrogen-bond donors (Lipinski definition) is 1. The number of pyridine rings is 1. The van der Waals surface area contributed by atoms with Crippen molar-refractivity contribution < 1.29 is 0 Å². The normalized spacial score (nSPS) is 12.0. The van der Waals surface area contributed by atoms with Gasteiger partial charge in [0.2, 0.25) is 0 Å². The van der Waals surface area contributed by atoms with E-state index in [2.05, 4.69) is 11.1 Å². The number of aromatic nitrogens is 1. The predicted octanol–water partition coefficient (Wildman–Crippen LogP) is 1.67. The Bertz CT molecular complexity index is 288. The highest BCUT2D eigenvalue weighted by atomic mass is 32.2. The van der Waals surface area contributed by atoms with Crippen LogP contribution in [-0.2, 0) is 0 Å². The molecule has 0 saturated carbocycles. The Hall–Kier alpha value is -1.21. The van der Waals surface area contributed by atoms with E-state index in [1.165, 1.54) is 11.8 Å². The molecule has 1 atom stereocenters. The van der Waals surface area contributed by atoms with Gasteiger partial charge in [-0.2, -0.15) is 5.26 Å². The van der Waals surface area contributed by atoms with Crippen molar-refractivity contribution in [1.82, 2.24) is 4.98 Å². The zero-order valence-electron chi connectivity index (χ0n) is 6.69. The first-order valence-electron chi connectivity index (χ1n) is 3.50. The standard InChI is InChI=1S/C8H9N3S/c1-6(4-9)12-7-2-3-8(10)11-5-7/h2-3,5-6H,1H3,(H2,10,11). The van der Waals surface area contributed by atoms with Gasteiger partial charge in [-0.3, -0.25) is 0 Å². The van der Waals surface area contributed by atoms with Crippen LogP contribution in [0.25, 0.3) is 0 Å². The first-order valence-corrected chi connectivity index (χ1v) is 4.38. The maximum atomic E-state index is 8.53. The summed E-state index contributed by atoms with van der Waals surface area (Å²) in [6.45, 7) is 1.85. The van der Waals surface area contributed by atoms with E-state index in [1.807, 2.05) is 13.0 Å². The van der Waals surface area contributed by atoms with Crippen LogP contribution in [0.4, 0.5) is 5.82 Å². The van der Waals surface area contributed by atoms with Crippen molar-refractivity contribution in [2.24, 2.45) is 0 Å². The fourth-order valence-electron chi connectivity index (χ4n) is 0.692. The average Bonchev–Trinajstić information content (AvgIpc) is 2.09. The lowest BCUT2D eigenvalue weighted by Crippen LogP contribution is -1.92. The smallest absolute Gasteiger partial charge is 0.123 e. The van der Waals surface area contributed by atoms with E-state index in [-0.39, 0.29) is 5.25 Å². The largest absolute Gasteiger partial charge is 0.384 e. The van der Waals surface area contributed by atoms with Gasteiger partial charge in [0, 0.05) is 11.1 Å². The summed E-state index contributed by atoms with van der Waals surface area (Å²) >= 11 is 1.47. The highest BCUT2D eigenvalue weighted by molar-refractivity contribution is 8.00. The molecule has 0 saturated heterocycles. The number of nitriles is 1. The summed E-state index contributed by atoms with van der Waals surface area (Å²) in [5.41, 5.74) is 5.40. The second-order valence-corrected chi connectivity index (χ2v) is 3.72. The fraction of sp³-hybridized carbons (Fsp3) is 0.250. The van der Waals surface area contributed by atoms with Crippen LogP contribution in [0.2, 0.25) is 0 Å². The minimum absolute atomic E-state index is 0.0459. The molecule has 1 heterocycles. The molecule has 0 aliphatic carbocycles. The van der Waals surface area contributed by atoms with Crippen LogP contribution in [0.1, 0.15) is 6.92 Å². The summed E-state index contributed by atoms with van der Waals surface area (Å²) in [5.74, 6) is 0.504. The molecule has 1 rings (SSSR count). The molecule has 0 spiro atoms. The summed E-state index contributed by atoms with van der Waals surface area (Å²) in [6, 6.07) is 5.72. The molecule has 0 aliphatic rings. The van der Waals surface area contributed by atoms with Crippen LogP contribution >= 0.6 is 11.8 Å². The minimum atomic E-state index is -0.0459. The second-order valence-electron chi connectivity index (χ2n) is 2.31. The molecule has 62 valence electrons. The zero-order chi connectivity index (χ0) is 8.97. The third-order valence-corrected chi connectivity index (χ3v) is 2.23. The van der Waals surface area contributed by atoms with E-state index in [0.29, 0.717) is 5.82 Å². The van der Waals surface area contributed by atoms with Crippen molar-refractivity contribution in [1.29, 1.82) is 5.26 Å². The van der Waals surface area contributed by atoms with Gasteiger partial charge in [-0.1, -0.05) is 0 Å². The van der Waals surface area contributed by atoms with Crippen molar-refractivity contribution in [3.63, 3.8) is 0 Å². The molecule has 0 radical (unpaired) electrons. The molecule has 12 heavy (non-hydrogen) atoms. The van der Waals surface area contributed by atoms with E-state index >= 15 is 0 Å². The van der Waals surface area contributed by atoms with E-state index in [1.54, 1.807) is 12.3 Å². The molecule has 0 aliphatic heterocycles. The minimum Gasteiger partial charge on any atom is -0.384 e. The monoisotopic (exact) mass is 179 g/mol. The molecule has 0 amide bonds. The number of nitrogen functional groups attached to an aromatic ring is 1. The highest BCUT2D eigenvalue weighted by Crippen LogP contribution is 2.21. The first-order chi connectivity index (χ1) is 5.72. The van der Waals surface area contributed by atoms with Crippen LogP contribution in [0.15, 0.2) is 23.2 Å². The number of nitrogens with zero attached hydrogens (tertiary/aromatic N) is 2. The summed E-state index contributed by atoms with van der Waals surface area (Å²) < 4.78 is 0. The SMILES string of the molecule is CC(C#N)Sc1ccc(N)nc1. The van der Waals surface area contributed by atoms with Crippen LogP contribution in [0.3, 0.4) is 0 Å². The van der Waals surface area contributed by atoms with E-state index < -0.39 is 0 Å². The number of anilines is 1. The van der Waals surface area contributed by atoms with Crippen LogP contribution in [0.5, 0.6) is 0 Å². The molecule has 1 unspecified atom stereocenters. The third kappa shape index (κ3) is 2.44. The number of rotatable bonds is 2. The maximum absolute atomic E-state index is 8.53. The molecule has 3 nitrogen and oxygen atoms in total. The quantitative estimate of drug-likeness (QED) is 0.701. The molecular weight excluding hydrogens is 170 g/mol. The molecule has 2 N–H and O–H groups in total. The average molecular weight is 179 g/mol. The van der Waals surface area contributed by atoms with Crippen molar-refractivity contribution in [2.45, 2.75) is 17.1 Å². The summed E-state index contributed by atoms with van der Waals surface area (Å²) in [4.78, 5) is 4.88. The van der Waals surface area contributed by atoms with Gasteiger partial charge < -0.3 is 5.73 Å². The number of nitrogens with two attached hydrogens (primary N) is 1. The molecular formula is C8H9N3S. The number of hydrogen-bond acceptors (Lipinski definition) is 4. The lowest BCUT2D eigenvalue weighted by Gasteiger charge is -2.01. The molecule has 4 heteroatoms. The predicted molar refractivity (Wildman–Crippen MR) is 49.6 cm³/mol. The van der Waals surface area contributed by atoms with Crippen LogP contribution in [-0.4, -0.2) is 10.2 Å². The molecule has 0 bridgehead atoms. The Morgan fingerprint density at radius 3 is 2.92 bits per heavy atom. The zero-order valence-corrected chi connectivity index (χ0v) is 7.51. The maximum Gasteiger partial charge on any atom is 0.123 e. The highest BCUT2D eigenvalue weighted by Gasteiger charge is 2.01. The van der Waals surface area contributed by atoms with E-state index in [4.69, 9.17) is 11.0 Å². The van der Waals surface area contributed by atoms with Crippen LogP contribution in [0, 0.1) is 11.3 Å². The third-order valence-electron chi connectivity index (χ3n) is 1.25. The first kappa shape index (κ1) is 8.88. The lowest BCUT2D eigenvalue weighted by molar-refractivity contribution is 1.20. The van der Waals surface area contributed by atoms with Crippen molar-refractivity contribution in [3.05, 3.63) is 18.3 Å². The Labute approximate surface area is 75.6 Å².